The molecule has 0 spiro atoms. The highest BCUT2D eigenvalue weighted by Gasteiger charge is 2.24. The van der Waals surface area contributed by atoms with Crippen molar-refractivity contribution in [1.82, 2.24) is 0 Å². The summed E-state index contributed by atoms with van der Waals surface area (Å²) in [5.41, 5.74) is 0. The second-order valence-corrected chi connectivity index (χ2v) is 12.1. The number of carbonyl (C=O) groups excluding carboxylic acids is 2. The molecule has 42 heavy (non-hydrogen) atoms. The summed E-state index contributed by atoms with van der Waals surface area (Å²) in [7, 11) is -3.21. The number of phosphoric acid groups is 1. The molecule has 9 heteroatoms. The molecular weight excluding hydrogens is 555 g/mol. The first-order valence-electron chi connectivity index (χ1n) is 16.2. The van der Waals surface area contributed by atoms with Gasteiger partial charge in [0.1, 0.15) is 6.61 Å². The maximum Gasteiger partial charge on any atom is 0.472 e. The summed E-state index contributed by atoms with van der Waals surface area (Å²) in [5.74, 6) is -0.844. The quantitative estimate of drug-likeness (QED) is 0.0384. The monoisotopic (exact) mass is 614 g/mol. The molecule has 244 valence electrons. The van der Waals surface area contributed by atoms with Crippen LogP contribution >= 0.6 is 7.82 Å². The SMILES string of the molecule is CC/C=C\C/C=C\C/C=C\CCCCCC(=O)OC(COC(=O)CCCCCCCCCCCC)COP(=O)(O)OC. The van der Waals surface area contributed by atoms with Crippen molar-refractivity contribution in [2.24, 2.45) is 0 Å². The minimum Gasteiger partial charge on any atom is -0.462 e. The summed E-state index contributed by atoms with van der Waals surface area (Å²) in [6, 6.07) is 0. The van der Waals surface area contributed by atoms with E-state index in [9.17, 15) is 19.0 Å². The van der Waals surface area contributed by atoms with Gasteiger partial charge in [0.05, 0.1) is 6.61 Å². The molecule has 0 rings (SSSR count). The highest BCUT2D eigenvalue weighted by atomic mass is 31.2. The van der Waals surface area contributed by atoms with Crippen LogP contribution in [0.15, 0.2) is 36.5 Å². The number of hydrogen-bond acceptors (Lipinski definition) is 7. The maximum absolute atomic E-state index is 12.4. The molecule has 0 aliphatic heterocycles. The number of hydrogen-bond donors (Lipinski definition) is 1. The van der Waals surface area contributed by atoms with Crippen LogP contribution in [0.3, 0.4) is 0 Å². The molecule has 0 fully saturated rings. The lowest BCUT2D eigenvalue weighted by atomic mass is 10.1. The van der Waals surface area contributed by atoms with Gasteiger partial charge in [0, 0.05) is 20.0 Å². The number of esters is 2. The molecule has 2 unspecified atom stereocenters. The lowest BCUT2D eigenvalue weighted by Gasteiger charge is -2.19. The van der Waals surface area contributed by atoms with Gasteiger partial charge in [-0.05, 0) is 44.9 Å². The third kappa shape index (κ3) is 28.4. The molecule has 0 aromatic heterocycles. The number of phosphoric ester groups is 1. The van der Waals surface area contributed by atoms with Gasteiger partial charge < -0.3 is 14.4 Å². The lowest BCUT2D eigenvalue weighted by molar-refractivity contribution is -0.161. The fourth-order valence-corrected chi connectivity index (χ4v) is 4.60. The molecule has 0 aliphatic rings. The molecule has 0 heterocycles. The Hall–Kier alpha value is -1.73. The van der Waals surface area contributed by atoms with Crippen molar-refractivity contribution in [2.75, 3.05) is 20.3 Å². The fourth-order valence-electron chi connectivity index (χ4n) is 4.14. The van der Waals surface area contributed by atoms with Gasteiger partial charge in [-0.2, -0.15) is 0 Å². The number of carbonyl (C=O) groups is 2. The van der Waals surface area contributed by atoms with Crippen molar-refractivity contribution < 1.29 is 37.6 Å². The first-order chi connectivity index (χ1) is 20.3. The Morgan fingerprint density at radius 3 is 1.81 bits per heavy atom. The van der Waals surface area contributed by atoms with Crippen LogP contribution in [0.2, 0.25) is 0 Å². The van der Waals surface area contributed by atoms with Gasteiger partial charge in [0.15, 0.2) is 6.10 Å². The summed E-state index contributed by atoms with van der Waals surface area (Å²) in [6.07, 6.45) is 30.6. The summed E-state index contributed by atoms with van der Waals surface area (Å²) in [5, 5.41) is 0. The van der Waals surface area contributed by atoms with Crippen LogP contribution in [-0.4, -0.2) is 43.3 Å². The third-order valence-electron chi connectivity index (χ3n) is 6.65. The zero-order valence-electron chi connectivity index (χ0n) is 26.6. The van der Waals surface area contributed by atoms with Crippen molar-refractivity contribution in [3.8, 4) is 0 Å². The van der Waals surface area contributed by atoms with Crippen molar-refractivity contribution in [3.63, 3.8) is 0 Å². The van der Waals surface area contributed by atoms with Gasteiger partial charge in [0.2, 0.25) is 0 Å². The van der Waals surface area contributed by atoms with Crippen molar-refractivity contribution in [3.05, 3.63) is 36.5 Å². The molecule has 0 radical (unpaired) electrons. The summed E-state index contributed by atoms with van der Waals surface area (Å²) in [6.45, 7) is 3.70. The number of unbranched alkanes of at least 4 members (excludes halogenated alkanes) is 12. The lowest BCUT2D eigenvalue weighted by Crippen LogP contribution is -2.29. The Balaban J connectivity index is 4.20. The number of allylic oxidation sites excluding steroid dienone is 6. The molecule has 2 atom stereocenters. The second kappa shape index (κ2) is 29.3. The van der Waals surface area contributed by atoms with E-state index < -0.39 is 26.5 Å². The molecule has 0 aromatic carbocycles. The molecule has 8 nitrogen and oxygen atoms in total. The zero-order chi connectivity index (χ0) is 31.2. The average molecular weight is 615 g/mol. The van der Waals surface area contributed by atoms with Gasteiger partial charge >= 0.3 is 19.8 Å². The minimum absolute atomic E-state index is 0.210. The average Bonchev–Trinajstić information content (AvgIpc) is 2.97. The summed E-state index contributed by atoms with van der Waals surface area (Å²) in [4.78, 5) is 34.1. The first kappa shape index (κ1) is 40.3. The molecule has 0 bridgehead atoms. The second-order valence-electron chi connectivity index (χ2n) is 10.6. The van der Waals surface area contributed by atoms with Crippen molar-refractivity contribution in [1.29, 1.82) is 0 Å². The highest BCUT2D eigenvalue weighted by Crippen LogP contribution is 2.42. The van der Waals surface area contributed by atoms with Crippen LogP contribution in [0.1, 0.15) is 136 Å². The number of ether oxygens (including phenoxy) is 2. The van der Waals surface area contributed by atoms with Crippen LogP contribution in [0.4, 0.5) is 0 Å². The Kier molecular flexibility index (Phi) is 28.1. The predicted molar refractivity (Wildman–Crippen MR) is 170 cm³/mol. The molecule has 0 saturated heterocycles. The molecule has 0 aromatic rings. The third-order valence-corrected chi connectivity index (χ3v) is 7.59. The van der Waals surface area contributed by atoms with E-state index in [1.165, 1.54) is 44.9 Å². The summed E-state index contributed by atoms with van der Waals surface area (Å²) < 4.78 is 31.7. The fraction of sp³-hybridized carbons (Fsp3) is 0.758. The molecular formula is C33H59O8P. The van der Waals surface area contributed by atoms with Gasteiger partial charge in [-0.25, -0.2) is 4.57 Å². The predicted octanol–water partition coefficient (Wildman–Crippen LogP) is 9.33. The topological polar surface area (TPSA) is 108 Å². The molecule has 0 amide bonds. The van der Waals surface area contributed by atoms with Crippen molar-refractivity contribution in [2.45, 2.75) is 142 Å². The van der Waals surface area contributed by atoms with Gasteiger partial charge in [-0.3, -0.25) is 18.6 Å². The van der Waals surface area contributed by atoms with E-state index in [1.54, 1.807) is 0 Å². The van der Waals surface area contributed by atoms with Crippen LogP contribution in [0, 0.1) is 0 Å². The Labute approximate surface area is 255 Å². The van der Waals surface area contributed by atoms with Crippen LogP contribution < -0.4 is 0 Å². The van der Waals surface area contributed by atoms with E-state index in [0.29, 0.717) is 6.42 Å². The zero-order valence-corrected chi connectivity index (χ0v) is 27.5. The van der Waals surface area contributed by atoms with E-state index in [0.717, 1.165) is 64.9 Å². The van der Waals surface area contributed by atoms with E-state index in [4.69, 9.17) is 14.0 Å². The summed E-state index contributed by atoms with van der Waals surface area (Å²) >= 11 is 0. The minimum atomic E-state index is -4.25. The molecule has 0 aliphatic carbocycles. The van der Waals surface area contributed by atoms with E-state index in [1.807, 2.05) is 0 Å². The first-order valence-corrected chi connectivity index (χ1v) is 17.7. The Morgan fingerprint density at radius 2 is 1.21 bits per heavy atom. The number of rotatable bonds is 29. The van der Waals surface area contributed by atoms with E-state index >= 15 is 0 Å². The molecule has 0 saturated carbocycles. The van der Waals surface area contributed by atoms with E-state index in [-0.39, 0.29) is 25.4 Å². The Morgan fingerprint density at radius 1 is 0.690 bits per heavy atom. The van der Waals surface area contributed by atoms with Gasteiger partial charge in [-0.15, -0.1) is 0 Å². The highest BCUT2D eigenvalue weighted by molar-refractivity contribution is 7.47. The van der Waals surface area contributed by atoms with Gasteiger partial charge in [-0.1, -0.05) is 115 Å². The van der Waals surface area contributed by atoms with Crippen LogP contribution in [0.5, 0.6) is 0 Å². The normalized spacial score (nSPS) is 14.1. The maximum atomic E-state index is 12.4. The largest absolute Gasteiger partial charge is 0.472 e. The van der Waals surface area contributed by atoms with Crippen molar-refractivity contribution >= 4 is 19.8 Å². The smallest absolute Gasteiger partial charge is 0.462 e. The van der Waals surface area contributed by atoms with Crippen LogP contribution in [0.25, 0.3) is 0 Å². The Bertz CT molecular complexity index is 793. The standard InChI is InChI=1S/C33H59O8P/c1-4-6-8-10-12-14-16-17-18-20-22-24-26-28-33(35)41-31(30-40-42(36,37)38-3)29-39-32(34)27-25-23-21-19-15-13-11-9-7-5-2/h6,8,12,14,17-18,31H,4-5,7,9-11,13,15-16,19-30H2,1-3H3,(H,36,37)/b8-6-,14-12-,18-17-. The van der Waals surface area contributed by atoms with Gasteiger partial charge in [0.25, 0.3) is 0 Å². The molecule has 1 N–H and O–H groups in total. The van der Waals surface area contributed by atoms with Crippen LogP contribution in [-0.2, 0) is 32.7 Å². The van der Waals surface area contributed by atoms with E-state index in [2.05, 4.69) is 54.8 Å².